The average Bonchev–Trinajstić information content (AvgIpc) is 2.05. The average molecular weight is 151 g/mol. The van der Waals surface area contributed by atoms with Gasteiger partial charge in [-0.2, -0.15) is 0 Å². The van der Waals surface area contributed by atoms with Gasteiger partial charge in [0.15, 0.2) is 0 Å². The van der Waals surface area contributed by atoms with Gasteiger partial charge >= 0.3 is 0 Å². The van der Waals surface area contributed by atoms with Gasteiger partial charge in [0.05, 0.1) is 0 Å². The molecule has 0 bridgehead atoms. The fraction of sp³-hybridized carbons (Fsp3) is 0.900. The van der Waals surface area contributed by atoms with Crippen LogP contribution in [-0.2, 0) is 0 Å². The third-order valence-corrected chi connectivity index (χ3v) is 2.81. The molecule has 11 heavy (non-hydrogen) atoms. The molecule has 1 aliphatic carbocycles. The van der Waals surface area contributed by atoms with E-state index in [2.05, 4.69) is 18.7 Å². The lowest BCUT2D eigenvalue weighted by Gasteiger charge is -2.25. The van der Waals surface area contributed by atoms with Crippen LogP contribution in [0, 0.1) is 18.4 Å². The molecule has 2 unspecified atom stereocenters. The van der Waals surface area contributed by atoms with Crippen molar-refractivity contribution in [3.8, 4) is 0 Å². The molecule has 0 heterocycles. The minimum Gasteiger partial charge on any atom is -0.314 e. The SMILES string of the molecule is [C-]#[N+]C1CCCC(C(C)C)C1. The smallest absolute Gasteiger partial charge is 0.224 e. The molecule has 0 saturated heterocycles. The second-order valence-corrected chi connectivity index (χ2v) is 3.95. The van der Waals surface area contributed by atoms with Crippen molar-refractivity contribution in [2.45, 2.75) is 45.6 Å². The minimum absolute atomic E-state index is 0.344. The van der Waals surface area contributed by atoms with E-state index in [4.69, 9.17) is 6.57 Å². The van der Waals surface area contributed by atoms with E-state index in [0.29, 0.717) is 6.04 Å². The van der Waals surface area contributed by atoms with Crippen molar-refractivity contribution in [3.63, 3.8) is 0 Å². The second-order valence-electron chi connectivity index (χ2n) is 3.95. The largest absolute Gasteiger partial charge is 0.314 e. The Balaban J connectivity index is 2.41. The van der Waals surface area contributed by atoms with Crippen molar-refractivity contribution < 1.29 is 0 Å². The summed E-state index contributed by atoms with van der Waals surface area (Å²) in [6, 6.07) is 0.344. The molecule has 0 amide bonds. The van der Waals surface area contributed by atoms with Crippen molar-refractivity contribution in [2.24, 2.45) is 11.8 Å². The predicted molar refractivity (Wildman–Crippen MR) is 47.2 cm³/mol. The van der Waals surface area contributed by atoms with Crippen LogP contribution in [0.2, 0.25) is 0 Å². The van der Waals surface area contributed by atoms with Gasteiger partial charge in [0.1, 0.15) is 0 Å². The molecule has 0 spiro atoms. The van der Waals surface area contributed by atoms with Crippen LogP contribution in [0.25, 0.3) is 4.85 Å². The maximum atomic E-state index is 6.95. The summed E-state index contributed by atoms with van der Waals surface area (Å²) < 4.78 is 0. The van der Waals surface area contributed by atoms with Gasteiger partial charge in [0.25, 0.3) is 0 Å². The highest BCUT2D eigenvalue weighted by molar-refractivity contribution is 4.86. The van der Waals surface area contributed by atoms with E-state index < -0.39 is 0 Å². The molecule has 1 nitrogen and oxygen atoms in total. The maximum Gasteiger partial charge on any atom is 0.224 e. The van der Waals surface area contributed by atoms with Crippen molar-refractivity contribution in [1.29, 1.82) is 0 Å². The first-order chi connectivity index (χ1) is 5.24. The molecule has 2 atom stereocenters. The highest BCUT2D eigenvalue weighted by Crippen LogP contribution is 2.31. The molecular formula is C10H17N. The van der Waals surface area contributed by atoms with E-state index in [9.17, 15) is 0 Å². The van der Waals surface area contributed by atoms with E-state index in [0.717, 1.165) is 24.7 Å². The Kier molecular flexibility index (Phi) is 2.93. The standard InChI is InChI=1S/C10H17N/c1-8(2)9-5-4-6-10(7-9)11-3/h8-10H,4-7H2,1-2H3. The zero-order chi connectivity index (χ0) is 8.27. The third kappa shape index (κ3) is 2.22. The molecular weight excluding hydrogens is 134 g/mol. The Labute approximate surface area is 69.6 Å². The molecule has 0 aliphatic heterocycles. The van der Waals surface area contributed by atoms with Crippen LogP contribution in [0.4, 0.5) is 0 Å². The number of rotatable bonds is 1. The summed E-state index contributed by atoms with van der Waals surface area (Å²) in [5.41, 5.74) is 0. The van der Waals surface area contributed by atoms with Crippen LogP contribution in [-0.4, -0.2) is 6.04 Å². The van der Waals surface area contributed by atoms with Gasteiger partial charge < -0.3 is 4.85 Å². The molecule has 0 N–H and O–H groups in total. The van der Waals surface area contributed by atoms with Gasteiger partial charge in [-0.25, -0.2) is 6.57 Å². The van der Waals surface area contributed by atoms with Gasteiger partial charge in [-0.3, -0.25) is 0 Å². The summed E-state index contributed by atoms with van der Waals surface area (Å²) >= 11 is 0. The lowest BCUT2D eigenvalue weighted by Crippen LogP contribution is -2.20. The predicted octanol–water partition coefficient (Wildman–Crippen LogP) is 3.12. The molecule has 0 aromatic rings. The lowest BCUT2D eigenvalue weighted by molar-refractivity contribution is 0.270. The molecule has 62 valence electrons. The van der Waals surface area contributed by atoms with Crippen molar-refractivity contribution in [1.82, 2.24) is 0 Å². The Morgan fingerprint density at radius 3 is 2.64 bits per heavy atom. The molecule has 1 rings (SSSR count). The summed E-state index contributed by atoms with van der Waals surface area (Å²) in [6.07, 6.45) is 4.92. The van der Waals surface area contributed by atoms with Gasteiger partial charge in [-0.05, 0) is 24.7 Å². The molecule has 1 heteroatoms. The van der Waals surface area contributed by atoms with Crippen molar-refractivity contribution in [2.75, 3.05) is 0 Å². The third-order valence-electron chi connectivity index (χ3n) is 2.81. The van der Waals surface area contributed by atoms with Gasteiger partial charge in [-0.1, -0.05) is 13.8 Å². The van der Waals surface area contributed by atoms with E-state index in [-0.39, 0.29) is 0 Å². The number of hydrogen-bond donors (Lipinski definition) is 0. The molecule has 1 fully saturated rings. The zero-order valence-electron chi connectivity index (χ0n) is 7.51. The zero-order valence-corrected chi connectivity index (χ0v) is 7.51. The Morgan fingerprint density at radius 1 is 1.36 bits per heavy atom. The molecule has 0 radical (unpaired) electrons. The van der Waals surface area contributed by atoms with Crippen LogP contribution in [0.5, 0.6) is 0 Å². The summed E-state index contributed by atoms with van der Waals surface area (Å²) in [5.74, 6) is 1.60. The van der Waals surface area contributed by atoms with E-state index >= 15 is 0 Å². The first-order valence-electron chi connectivity index (χ1n) is 4.60. The summed E-state index contributed by atoms with van der Waals surface area (Å²) in [7, 11) is 0. The first kappa shape index (κ1) is 8.59. The monoisotopic (exact) mass is 151 g/mol. The Hall–Kier alpha value is -0.510. The quantitative estimate of drug-likeness (QED) is 0.507. The van der Waals surface area contributed by atoms with Crippen LogP contribution in [0.3, 0.4) is 0 Å². The normalized spacial score (nSPS) is 31.8. The first-order valence-corrected chi connectivity index (χ1v) is 4.60. The molecule has 0 aromatic carbocycles. The fourth-order valence-corrected chi connectivity index (χ4v) is 1.92. The van der Waals surface area contributed by atoms with E-state index in [1.165, 1.54) is 12.8 Å². The Bertz CT molecular complexity index is 155. The molecule has 0 aromatic heterocycles. The van der Waals surface area contributed by atoms with Gasteiger partial charge in [0, 0.05) is 12.8 Å². The van der Waals surface area contributed by atoms with Crippen LogP contribution >= 0.6 is 0 Å². The summed E-state index contributed by atoms with van der Waals surface area (Å²) in [6.45, 7) is 11.5. The fourth-order valence-electron chi connectivity index (χ4n) is 1.92. The number of nitrogens with zero attached hydrogens (tertiary/aromatic N) is 1. The summed E-state index contributed by atoms with van der Waals surface area (Å²) in [5, 5.41) is 0. The van der Waals surface area contributed by atoms with E-state index in [1.54, 1.807) is 0 Å². The van der Waals surface area contributed by atoms with Crippen molar-refractivity contribution in [3.05, 3.63) is 11.4 Å². The van der Waals surface area contributed by atoms with Crippen LogP contribution < -0.4 is 0 Å². The van der Waals surface area contributed by atoms with Crippen LogP contribution in [0.15, 0.2) is 0 Å². The van der Waals surface area contributed by atoms with Gasteiger partial charge in [0.2, 0.25) is 6.04 Å². The maximum absolute atomic E-state index is 6.95. The topological polar surface area (TPSA) is 4.36 Å². The summed E-state index contributed by atoms with van der Waals surface area (Å²) in [4.78, 5) is 3.63. The van der Waals surface area contributed by atoms with Crippen LogP contribution in [0.1, 0.15) is 39.5 Å². The van der Waals surface area contributed by atoms with E-state index in [1.807, 2.05) is 0 Å². The lowest BCUT2D eigenvalue weighted by atomic mass is 9.79. The Morgan fingerprint density at radius 2 is 2.09 bits per heavy atom. The van der Waals surface area contributed by atoms with Crippen molar-refractivity contribution >= 4 is 0 Å². The minimum atomic E-state index is 0.344. The number of hydrogen-bond acceptors (Lipinski definition) is 0. The highest BCUT2D eigenvalue weighted by Gasteiger charge is 2.26. The highest BCUT2D eigenvalue weighted by atomic mass is 14.7. The van der Waals surface area contributed by atoms with Gasteiger partial charge in [-0.15, -0.1) is 0 Å². The second kappa shape index (κ2) is 3.76. The molecule has 1 saturated carbocycles. The molecule has 1 aliphatic rings.